The van der Waals surface area contributed by atoms with Crippen LogP contribution < -0.4 is 11.1 Å². The Morgan fingerprint density at radius 2 is 1.90 bits per heavy atom. The minimum Gasteiger partial charge on any atom is -0.476 e. The van der Waals surface area contributed by atoms with E-state index in [1.165, 1.54) is 0 Å². The van der Waals surface area contributed by atoms with Crippen LogP contribution in [0.4, 0.5) is 0 Å². The number of nitrogens with zero attached hydrogens (tertiary/aromatic N) is 1. The molecule has 0 saturated carbocycles. The van der Waals surface area contributed by atoms with E-state index in [1.807, 2.05) is 0 Å². The smallest absolute Gasteiger partial charge is 0.356 e. The Morgan fingerprint density at radius 3 is 2.48 bits per heavy atom. The Bertz CT molecular complexity index is 680. The fraction of sp³-hybridized carbons (Fsp3) is 0.0769. The summed E-state index contributed by atoms with van der Waals surface area (Å²) in [5, 5.41) is 11.2. The fourth-order valence-corrected chi connectivity index (χ4v) is 1.78. The summed E-state index contributed by atoms with van der Waals surface area (Å²) in [6.07, 6.45) is 1.07. The van der Waals surface area contributed by atoms with Gasteiger partial charge in [0.2, 0.25) is 0 Å². The Kier molecular flexibility index (Phi) is 3.98. The van der Waals surface area contributed by atoms with Gasteiger partial charge >= 0.3 is 5.97 Å². The zero-order valence-electron chi connectivity index (χ0n) is 10.7. The Balaban J connectivity index is 2.26. The van der Waals surface area contributed by atoms with Crippen molar-refractivity contribution in [3.05, 3.63) is 53.6 Å². The van der Waals surface area contributed by atoms with Gasteiger partial charge in [-0.3, -0.25) is 15.3 Å². The van der Waals surface area contributed by atoms with Gasteiger partial charge in [0, 0.05) is 0 Å². The van der Waals surface area contributed by atoms with Crippen LogP contribution in [-0.2, 0) is 4.79 Å². The van der Waals surface area contributed by atoms with Gasteiger partial charge in [0.1, 0.15) is 11.7 Å². The molecule has 1 atom stereocenters. The number of carbonyl (C=O) groups excluding carboxylic acids is 2. The molecule has 4 N–H and O–H groups in total. The number of imidazole rings is 1. The lowest BCUT2D eigenvalue weighted by molar-refractivity contribution is -0.120. The quantitative estimate of drug-likeness (QED) is 0.730. The molecule has 0 bridgehead atoms. The summed E-state index contributed by atoms with van der Waals surface area (Å²) in [4.78, 5) is 40.2. The number of aromatic carboxylic acids is 1. The van der Waals surface area contributed by atoms with Crippen molar-refractivity contribution in [1.29, 1.82) is 0 Å². The van der Waals surface area contributed by atoms with Crippen molar-refractivity contribution >= 4 is 17.8 Å². The molecule has 2 rings (SSSR count). The predicted octanol–water partition coefficient (Wildman–Crippen LogP) is 0.388. The largest absolute Gasteiger partial charge is 0.476 e. The molecule has 21 heavy (non-hydrogen) atoms. The van der Waals surface area contributed by atoms with Gasteiger partial charge in [-0.1, -0.05) is 30.3 Å². The summed E-state index contributed by atoms with van der Waals surface area (Å²) in [5.74, 6) is -3.19. The second-order valence-corrected chi connectivity index (χ2v) is 4.11. The van der Waals surface area contributed by atoms with Crippen molar-refractivity contribution < 1.29 is 19.5 Å². The summed E-state index contributed by atoms with van der Waals surface area (Å²) in [5.41, 5.74) is 6.95. The number of benzene rings is 1. The van der Waals surface area contributed by atoms with E-state index in [1.54, 1.807) is 30.3 Å². The number of carboxylic acid groups (broad SMARTS) is 1. The van der Waals surface area contributed by atoms with E-state index in [4.69, 9.17) is 10.8 Å². The van der Waals surface area contributed by atoms with Gasteiger partial charge in [0.05, 0.1) is 6.33 Å². The third-order valence-electron chi connectivity index (χ3n) is 2.74. The van der Waals surface area contributed by atoms with Gasteiger partial charge < -0.3 is 15.4 Å². The second-order valence-electron chi connectivity index (χ2n) is 4.11. The monoisotopic (exact) mass is 287 g/mol. The second kappa shape index (κ2) is 5.87. The highest BCUT2D eigenvalue weighted by Crippen LogP contribution is 2.14. The lowest BCUT2D eigenvalue weighted by Crippen LogP contribution is -2.35. The van der Waals surface area contributed by atoms with Gasteiger partial charge in [0.25, 0.3) is 11.8 Å². The first-order valence-electron chi connectivity index (χ1n) is 5.88. The van der Waals surface area contributed by atoms with E-state index >= 15 is 0 Å². The molecule has 8 heteroatoms. The van der Waals surface area contributed by atoms with Crippen LogP contribution in [0.25, 0.3) is 0 Å². The third kappa shape index (κ3) is 3.06. The summed E-state index contributed by atoms with van der Waals surface area (Å²) < 4.78 is 0. The van der Waals surface area contributed by atoms with Crippen LogP contribution in [0.1, 0.15) is 32.6 Å². The molecule has 1 radical (unpaired) electrons. The molecule has 0 spiro atoms. The number of amides is 2. The van der Waals surface area contributed by atoms with E-state index in [-0.39, 0.29) is 5.69 Å². The Hall–Kier alpha value is -3.16. The van der Waals surface area contributed by atoms with E-state index in [9.17, 15) is 14.4 Å². The van der Waals surface area contributed by atoms with E-state index in [2.05, 4.69) is 15.3 Å². The van der Waals surface area contributed by atoms with E-state index in [0.29, 0.717) is 5.56 Å². The van der Waals surface area contributed by atoms with Crippen molar-refractivity contribution in [1.82, 2.24) is 21.0 Å². The van der Waals surface area contributed by atoms with Gasteiger partial charge in [0.15, 0.2) is 5.69 Å². The van der Waals surface area contributed by atoms with Crippen molar-refractivity contribution in [2.75, 3.05) is 0 Å². The van der Waals surface area contributed by atoms with Gasteiger partial charge in [-0.25, -0.2) is 9.78 Å². The minimum absolute atomic E-state index is 0.273. The fourth-order valence-electron chi connectivity index (χ4n) is 1.78. The first-order valence-corrected chi connectivity index (χ1v) is 5.88. The van der Waals surface area contributed by atoms with Crippen LogP contribution in [-0.4, -0.2) is 32.9 Å². The van der Waals surface area contributed by atoms with Crippen molar-refractivity contribution in [3.63, 3.8) is 0 Å². The van der Waals surface area contributed by atoms with Crippen LogP contribution in [0.3, 0.4) is 0 Å². The number of H-pyrrole nitrogens is 1. The number of carbonyl (C=O) groups is 3. The zero-order chi connectivity index (χ0) is 15.4. The highest BCUT2D eigenvalue weighted by atomic mass is 16.4. The molecule has 0 aliphatic heterocycles. The molecule has 1 heterocycles. The first kappa shape index (κ1) is 14.3. The summed E-state index contributed by atoms with van der Waals surface area (Å²) >= 11 is 0. The van der Waals surface area contributed by atoms with Gasteiger partial charge in [-0.05, 0) is 5.56 Å². The molecule has 1 unspecified atom stereocenters. The molecule has 0 saturated heterocycles. The highest BCUT2D eigenvalue weighted by molar-refractivity contribution is 6.03. The third-order valence-corrected chi connectivity index (χ3v) is 2.74. The van der Waals surface area contributed by atoms with Crippen LogP contribution in [0, 0.1) is 0 Å². The first-order chi connectivity index (χ1) is 10.0. The lowest BCUT2D eigenvalue weighted by Gasteiger charge is -2.14. The SMILES string of the molecule is [NH]C(=O)C(NC(=O)c1[nH]cnc1C(=O)O)c1ccccc1. The normalized spacial score (nSPS) is 11.6. The van der Waals surface area contributed by atoms with Crippen LogP contribution in [0.2, 0.25) is 0 Å². The number of rotatable bonds is 5. The molecular formula is C13H11N4O4. The summed E-state index contributed by atoms with van der Waals surface area (Å²) in [6.45, 7) is 0. The lowest BCUT2D eigenvalue weighted by atomic mass is 10.1. The Morgan fingerprint density at radius 1 is 1.24 bits per heavy atom. The van der Waals surface area contributed by atoms with Crippen molar-refractivity contribution in [2.45, 2.75) is 6.04 Å². The molecule has 107 valence electrons. The average molecular weight is 287 g/mol. The molecular weight excluding hydrogens is 276 g/mol. The number of hydrogen-bond acceptors (Lipinski definition) is 4. The molecule has 1 aromatic carbocycles. The topological polar surface area (TPSA) is 136 Å². The zero-order valence-corrected chi connectivity index (χ0v) is 10.7. The van der Waals surface area contributed by atoms with Crippen LogP contribution >= 0.6 is 0 Å². The van der Waals surface area contributed by atoms with Gasteiger partial charge in [-0.15, -0.1) is 0 Å². The summed E-state index contributed by atoms with van der Waals surface area (Å²) in [6, 6.07) is 7.05. The minimum atomic E-state index is -1.37. The standard InChI is InChI=1S/C13H11N4O4/c14-11(18)8(7-4-2-1-3-5-7)17-12(19)9-10(13(20)21)16-6-15-9/h1-6,8,14H,(H,15,16)(H,17,19)(H,20,21). The number of aromatic nitrogens is 2. The van der Waals surface area contributed by atoms with Crippen molar-refractivity contribution in [2.24, 2.45) is 0 Å². The molecule has 0 aliphatic rings. The Labute approximate surface area is 119 Å². The average Bonchev–Trinajstić information content (AvgIpc) is 2.94. The molecule has 0 fully saturated rings. The molecule has 8 nitrogen and oxygen atoms in total. The molecule has 2 aromatic rings. The predicted molar refractivity (Wildman–Crippen MR) is 70.3 cm³/mol. The maximum Gasteiger partial charge on any atom is 0.356 e. The molecule has 2 amide bonds. The number of aromatic amines is 1. The van der Waals surface area contributed by atoms with Crippen LogP contribution in [0.5, 0.6) is 0 Å². The highest BCUT2D eigenvalue weighted by Gasteiger charge is 2.25. The van der Waals surface area contributed by atoms with E-state index < -0.39 is 29.5 Å². The number of hydrogen-bond donors (Lipinski definition) is 3. The molecule has 1 aromatic heterocycles. The number of nitrogens with one attached hydrogen (secondary N) is 3. The maximum absolute atomic E-state index is 12.0. The van der Waals surface area contributed by atoms with Crippen LogP contribution in [0.15, 0.2) is 36.7 Å². The van der Waals surface area contributed by atoms with E-state index in [0.717, 1.165) is 6.33 Å². The maximum atomic E-state index is 12.0. The van der Waals surface area contributed by atoms with Gasteiger partial charge in [-0.2, -0.15) is 0 Å². The number of carboxylic acids is 1. The van der Waals surface area contributed by atoms with Crippen molar-refractivity contribution in [3.8, 4) is 0 Å². The summed E-state index contributed by atoms with van der Waals surface area (Å²) in [7, 11) is 0. The molecule has 0 aliphatic carbocycles.